The summed E-state index contributed by atoms with van der Waals surface area (Å²) in [5, 5.41) is 14.8. The topological polar surface area (TPSA) is 68.0 Å². The van der Waals surface area contributed by atoms with Crippen LogP contribution >= 0.6 is 0 Å². The fourth-order valence-corrected chi connectivity index (χ4v) is 1.56. The number of nitrogens with zero attached hydrogens (tertiary/aromatic N) is 3. The van der Waals surface area contributed by atoms with Gasteiger partial charge in [-0.25, -0.2) is 0 Å². The lowest BCUT2D eigenvalue weighted by Gasteiger charge is -2.25. The highest BCUT2D eigenvalue weighted by atomic mass is 16.7. The zero-order chi connectivity index (χ0) is 13.8. The summed E-state index contributed by atoms with van der Waals surface area (Å²) in [6.07, 6.45) is 3.07. The molecule has 1 saturated heterocycles. The Hall–Kier alpha value is -1.33. The molecular formula is C12H23N3O3. The summed E-state index contributed by atoms with van der Waals surface area (Å²) in [5.41, 5.74) is -0.503. The number of oxime groups is 1. The summed E-state index contributed by atoms with van der Waals surface area (Å²) < 4.78 is 0. The van der Waals surface area contributed by atoms with Crippen LogP contribution in [-0.4, -0.2) is 34.5 Å². The van der Waals surface area contributed by atoms with Crippen molar-refractivity contribution in [2.45, 2.75) is 52.6 Å². The van der Waals surface area contributed by atoms with E-state index in [1.807, 2.05) is 27.7 Å². The van der Waals surface area contributed by atoms with Gasteiger partial charge < -0.3 is 15.0 Å². The monoisotopic (exact) mass is 257 g/mol. The van der Waals surface area contributed by atoms with Crippen molar-refractivity contribution in [1.82, 2.24) is 4.90 Å². The third-order valence-corrected chi connectivity index (χ3v) is 3.56. The van der Waals surface area contributed by atoms with Gasteiger partial charge in [-0.3, -0.25) is 4.90 Å². The fourth-order valence-electron chi connectivity index (χ4n) is 1.56. The number of piperidine rings is 1. The Morgan fingerprint density at radius 2 is 1.89 bits per heavy atom. The van der Waals surface area contributed by atoms with E-state index < -0.39 is 10.5 Å². The van der Waals surface area contributed by atoms with Crippen LogP contribution in [0.5, 0.6) is 0 Å². The summed E-state index contributed by atoms with van der Waals surface area (Å²) in [5.74, 6) is 0.0686. The van der Waals surface area contributed by atoms with Crippen molar-refractivity contribution in [3.8, 4) is 0 Å². The first kappa shape index (κ1) is 14.7. The van der Waals surface area contributed by atoms with E-state index in [0.717, 1.165) is 19.3 Å². The predicted octanol–water partition coefficient (Wildman–Crippen LogP) is 2.47. The average molecular weight is 257 g/mol. The Bertz CT molecular complexity index is 321. The molecule has 6 nitrogen and oxygen atoms in total. The Labute approximate surface area is 108 Å². The van der Waals surface area contributed by atoms with E-state index in [1.54, 1.807) is 4.90 Å². The Morgan fingerprint density at radius 1 is 1.33 bits per heavy atom. The smallest absolute Gasteiger partial charge is 0.390 e. The zero-order valence-electron chi connectivity index (χ0n) is 11.7. The number of hydrogen-bond acceptors (Lipinski definition) is 4. The average Bonchev–Trinajstić information content (AvgIpc) is 2.29. The van der Waals surface area contributed by atoms with Gasteiger partial charge in [-0.2, -0.15) is 0 Å². The largest absolute Gasteiger partial charge is 0.468 e. The van der Waals surface area contributed by atoms with Crippen molar-refractivity contribution in [3.63, 3.8) is 0 Å². The molecule has 0 unspecified atom stereocenters. The molecule has 0 atom stereocenters. The van der Waals surface area contributed by atoms with Crippen LogP contribution in [-0.2, 0) is 4.84 Å². The maximum Gasteiger partial charge on any atom is 0.468 e. The molecule has 1 heterocycles. The van der Waals surface area contributed by atoms with Gasteiger partial charge in [0.15, 0.2) is 5.60 Å². The van der Waals surface area contributed by atoms with Crippen LogP contribution < -0.4 is 0 Å². The second kappa shape index (κ2) is 6.02. The van der Waals surface area contributed by atoms with Crippen LogP contribution in [0.3, 0.4) is 0 Å². The van der Waals surface area contributed by atoms with E-state index in [2.05, 4.69) is 5.16 Å². The summed E-state index contributed by atoms with van der Waals surface area (Å²) in [6.45, 7) is 9.14. The summed E-state index contributed by atoms with van der Waals surface area (Å²) in [7, 11) is 0. The quantitative estimate of drug-likeness (QED) is 0.337. The summed E-state index contributed by atoms with van der Waals surface area (Å²) in [6, 6.07) is 0. The lowest BCUT2D eigenvalue weighted by atomic mass is 9.95. The number of likely N-dealkylation sites (tertiary alicyclic amines) is 1. The second-order valence-corrected chi connectivity index (χ2v) is 5.55. The number of guanidine groups is 1. The first-order valence-electron chi connectivity index (χ1n) is 6.50. The van der Waals surface area contributed by atoms with Gasteiger partial charge >= 0.3 is 5.96 Å². The van der Waals surface area contributed by atoms with Crippen LogP contribution in [0.1, 0.15) is 47.0 Å². The minimum atomic E-state index is -0.503. The molecule has 0 aromatic carbocycles. The van der Waals surface area contributed by atoms with E-state index in [9.17, 15) is 10.1 Å². The van der Waals surface area contributed by atoms with Crippen molar-refractivity contribution < 1.29 is 9.76 Å². The van der Waals surface area contributed by atoms with E-state index >= 15 is 0 Å². The molecule has 0 radical (unpaired) electrons. The van der Waals surface area contributed by atoms with Gasteiger partial charge in [0.25, 0.3) is 0 Å². The highest BCUT2D eigenvalue weighted by Crippen LogP contribution is 2.21. The first-order valence-corrected chi connectivity index (χ1v) is 6.50. The van der Waals surface area contributed by atoms with Crippen LogP contribution in [0.15, 0.2) is 5.16 Å². The molecule has 0 saturated carbocycles. The zero-order valence-corrected chi connectivity index (χ0v) is 11.7. The van der Waals surface area contributed by atoms with Crippen LogP contribution in [0, 0.1) is 16.0 Å². The minimum Gasteiger partial charge on any atom is -0.390 e. The third-order valence-electron chi connectivity index (χ3n) is 3.56. The number of nitro groups is 1. The van der Waals surface area contributed by atoms with Gasteiger partial charge in [-0.1, -0.05) is 13.8 Å². The van der Waals surface area contributed by atoms with Crippen molar-refractivity contribution in [2.24, 2.45) is 11.1 Å². The maximum atomic E-state index is 11.0. The van der Waals surface area contributed by atoms with Gasteiger partial charge in [-0.15, -0.1) is 0 Å². The van der Waals surface area contributed by atoms with Crippen molar-refractivity contribution in [3.05, 3.63) is 10.1 Å². The first-order chi connectivity index (χ1) is 8.34. The maximum absolute atomic E-state index is 11.0. The minimum absolute atomic E-state index is 0.163. The lowest BCUT2D eigenvalue weighted by Crippen LogP contribution is -2.41. The second-order valence-electron chi connectivity index (χ2n) is 5.55. The molecule has 1 fully saturated rings. The molecule has 0 spiro atoms. The molecule has 0 amide bonds. The molecule has 0 aromatic heterocycles. The van der Waals surface area contributed by atoms with Gasteiger partial charge in [0.2, 0.25) is 0 Å². The van der Waals surface area contributed by atoms with Crippen LogP contribution in [0.2, 0.25) is 0 Å². The van der Waals surface area contributed by atoms with Gasteiger partial charge in [0.1, 0.15) is 5.16 Å². The molecule has 1 rings (SSSR count). The summed E-state index contributed by atoms with van der Waals surface area (Å²) in [4.78, 5) is 17.6. The normalized spacial score (nSPS) is 18.1. The Balaban J connectivity index is 2.75. The van der Waals surface area contributed by atoms with Crippen molar-refractivity contribution >= 4 is 5.96 Å². The molecule has 0 aliphatic carbocycles. The molecule has 1 aliphatic heterocycles. The molecule has 104 valence electrons. The highest BCUT2D eigenvalue weighted by Gasteiger charge is 2.31. The standard InChI is InChI=1S/C12H23N3O3/c1-10(2)12(3,4)18-13-11(15(16)17)14-8-6-5-7-9-14/h10H,5-9H2,1-4H3. The molecule has 6 heteroatoms. The van der Waals surface area contributed by atoms with Crippen LogP contribution in [0.4, 0.5) is 0 Å². The Morgan fingerprint density at radius 3 is 2.33 bits per heavy atom. The lowest BCUT2D eigenvalue weighted by molar-refractivity contribution is -0.368. The van der Waals surface area contributed by atoms with E-state index in [1.165, 1.54) is 0 Å². The molecule has 1 aliphatic rings. The van der Waals surface area contributed by atoms with Crippen molar-refractivity contribution in [2.75, 3.05) is 13.1 Å². The fraction of sp³-hybridized carbons (Fsp3) is 0.917. The van der Waals surface area contributed by atoms with Gasteiger partial charge in [-0.05, 0) is 44.0 Å². The van der Waals surface area contributed by atoms with Gasteiger partial charge in [0.05, 0.1) is 13.1 Å². The Kier molecular flexibility index (Phi) is 4.93. The van der Waals surface area contributed by atoms with E-state index in [0.29, 0.717) is 13.1 Å². The molecule has 0 bridgehead atoms. The molecule has 18 heavy (non-hydrogen) atoms. The highest BCUT2D eigenvalue weighted by molar-refractivity contribution is 5.71. The van der Waals surface area contributed by atoms with E-state index in [4.69, 9.17) is 4.84 Å². The van der Waals surface area contributed by atoms with Crippen molar-refractivity contribution in [1.29, 1.82) is 0 Å². The predicted molar refractivity (Wildman–Crippen MR) is 69.9 cm³/mol. The number of hydrogen-bond donors (Lipinski definition) is 0. The van der Waals surface area contributed by atoms with Crippen LogP contribution in [0.25, 0.3) is 0 Å². The molecule has 0 aromatic rings. The van der Waals surface area contributed by atoms with E-state index in [-0.39, 0.29) is 11.9 Å². The molecule has 0 N–H and O–H groups in total. The number of rotatable bonds is 3. The van der Waals surface area contributed by atoms with Gasteiger partial charge in [0, 0.05) is 0 Å². The summed E-state index contributed by atoms with van der Waals surface area (Å²) >= 11 is 0. The third kappa shape index (κ3) is 3.85. The molecular weight excluding hydrogens is 234 g/mol. The SMILES string of the molecule is CC(C)C(C)(C)ON=C(N1CCCCC1)[N+](=O)[O-].